The zero-order valence-corrected chi connectivity index (χ0v) is 18.0. The molecule has 3 heterocycles. The van der Waals surface area contributed by atoms with Crippen LogP contribution in [0.3, 0.4) is 0 Å². The highest BCUT2D eigenvalue weighted by molar-refractivity contribution is 6.35. The van der Waals surface area contributed by atoms with Crippen molar-refractivity contribution in [1.29, 1.82) is 5.26 Å². The number of rotatable bonds is 4. The predicted molar refractivity (Wildman–Crippen MR) is 125 cm³/mol. The molecule has 2 aromatic carbocycles. The van der Waals surface area contributed by atoms with Gasteiger partial charge in [0.1, 0.15) is 28.9 Å². The number of anilines is 2. The Bertz CT molecular complexity index is 1630. The molecule has 33 heavy (non-hydrogen) atoms. The fourth-order valence-corrected chi connectivity index (χ4v) is 3.95. The van der Waals surface area contributed by atoms with Crippen LogP contribution in [0, 0.1) is 11.3 Å². The lowest BCUT2D eigenvalue weighted by molar-refractivity contribution is 0.615. The molecule has 5 aromatic rings. The number of nitriles is 1. The van der Waals surface area contributed by atoms with Crippen molar-refractivity contribution in [3.8, 4) is 11.8 Å². The molecule has 162 valence electrons. The van der Waals surface area contributed by atoms with Gasteiger partial charge in [-0.2, -0.15) is 10.2 Å². The largest absolute Gasteiger partial charge is 0.464 e. The summed E-state index contributed by atoms with van der Waals surface area (Å²) in [6.45, 7) is 1.81. The van der Waals surface area contributed by atoms with E-state index in [1.807, 2.05) is 25.1 Å². The molecule has 0 bridgehead atoms. The highest BCUT2D eigenvalue weighted by atomic mass is 35.5. The van der Waals surface area contributed by atoms with E-state index in [1.165, 1.54) is 10.8 Å². The van der Waals surface area contributed by atoms with Crippen LogP contribution < -0.4 is 16.6 Å². The average Bonchev–Trinajstić information content (AvgIpc) is 3.27. The molecule has 0 radical (unpaired) electrons. The quantitative estimate of drug-likeness (QED) is 0.409. The Kier molecular flexibility index (Phi) is 4.92. The summed E-state index contributed by atoms with van der Waals surface area (Å²) in [6, 6.07) is 13.8. The predicted octanol–water partition coefficient (Wildman–Crippen LogP) is 4.20. The van der Waals surface area contributed by atoms with Gasteiger partial charge >= 0.3 is 0 Å². The van der Waals surface area contributed by atoms with Gasteiger partial charge in [0, 0.05) is 5.39 Å². The summed E-state index contributed by atoms with van der Waals surface area (Å²) in [5, 5.41) is 14.0. The van der Waals surface area contributed by atoms with Crippen LogP contribution in [-0.2, 0) is 0 Å². The summed E-state index contributed by atoms with van der Waals surface area (Å²) in [5.74, 6) is 0.665. The molecule has 0 fully saturated rings. The molecule has 0 spiro atoms. The maximum absolute atomic E-state index is 13.7. The Balaban J connectivity index is 1.74. The van der Waals surface area contributed by atoms with E-state index in [0.717, 1.165) is 5.39 Å². The summed E-state index contributed by atoms with van der Waals surface area (Å²) < 4.78 is 6.92. The zero-order valence-electron chi connectivity index (χ0n) is 17.3. The third-order valence-corrected chi connectivity index (χ3v) is 5.55. The standard InChI is InChI=1S/C23H16ClN7O2/c1-12(28-20-14(10-25)11-27-23(26)30-20)21-29-17-4-2-3-16(24)19(17)22(32)31(21)15-5-6-18-13(9-15)7-8-33-18/h2-9,11-12H,1H3,(H3,26,27,28,30)/t12-/m1/s1. The van der Waals surface area contributed by atoms with E-state index in [4.69, 9.17) is 26.7 Å². The number of hydrogen-bond donors (Lipinski definition) is 2. The number of halogens is 1. The van der Waals surface area contributed by atoms with Crippen LogP contribution in [0.25, 0.3) is 27.6 Å². The van der Waals surface area contributed by atoms with E-state index in [-0.39, 0.29) is 22.9 Å². The normalized spacial score (nSPS) is 12.0. The number of benzene rings is 2. The Morgan fingerprint density at radius 1 is 1.24 bits per heavy atom. The highest BCUT2D eigenvalue weighted by Crippen LogP contribution is 2.27. The van der Waals surface area contributed by atoms with Gasteiger partial charge in [-0.3, -0.25) is 9.36 Å². The molecule has 3 N–H and O–H groups in total. The molecule has 1 atom stereocenters. The minimum Gasteiger partial charge on any atom is -0.464 e. The van der Waals surface area contributed by atoms with Gasteiger partial charge in [0.05, 0.1) is 40.1 Å². The van der Waals surface area contributed by atoms with Gasteiger partial charge in [-0.15, -0.1) is 0 Å². The van der Waals surface area contributed by atoms with Gasteiger partial charge in [-0.1, -0.05) is 17.7 Å². The van der Waals surface area contributed by atoms with Gasteiger partial charge in [0.25, 0.3) is 5.56 Å². The fraction of sp³-hybridized carbons (Fsp3) is 0.0870. The van der Waals surface area contributed by atoms with Gasteiger partial charge < -0.3 is 15.5 Å². The lowest BCUT2D eigenvalue weighted by Gasteiger charge is -2.20. The van der Waals surface area contributed by atoms with Crippen molar-refractivity contribution in [3.05, 3.63) is 81.7 Å². The molecule has 0 saturated heterocycles. The van der Waals surface area contributed by atoms with Crippen LogP contribution in [0.2, 0.25) is 5.02 Å². The molecule has 5 rings (SSSR count). The minimum absolute atomic E-state index is 0.0183. The Morgan fingerprint density at radius 2 is 2.09 bits per heavy atom. The van der Waals surface area contributed by atoms with Crippen LogP contribution in [0.5, 0.6) is 0 Å². The van der Waals surface area contributed by atoms with Crippen molar-refractivity contribution in [3.63, 3.8) is 0 Å². The molecule has 0 aliphatic carbocycles. The van der Waals surface area contributed by atoms with E-state index in [1.54, 1.807) is 36.6 Å². The van der Waals surface area contributed by atoms with Crippen molar-refractivity contribution in [2.45, 2.75) is 13.0 Å². The number of nitrogens with zero attached hydrogens (tertiary/aromatic N) is 5. The van der Waals surface area contributed by atoms with Crippen molar-refractivity contribution < 1.29 is 4.42 Å². The second-order valence-electron chi connectivity index (χ2n) is 7.36. The second-order valence-corrected chi connectivity index (χ2v) is 7.76. The summed E-state index contributed by atoms with van der Waals surface area (Å²) in [7, 11) is 0. The number of hydrogen-bond acceptors (Lipinski definition) is 8. The Morgan fingerprint density at radius 3 is 2.91 bits per heavy atom. The van der Waals surface area contributed by atoms with E-state index in [9.17, 15) is 10.1 Å². The van der Waals surface area contributed by atoms with Crippen molar-refractivity contribution in [1.82, 2.24) is 19.5 Å². The average molecular weight is 458 g/mol. The van der Waals surface area contributed by atoms with E-state index in [2.05, 4.69) is 15.3 Å². The fourth-order valence-electron chi connectivity index (χ4n) is 3.70. The molecule has 0 aliphatic rings. The first kappa shape index (κ1) is 20.5. The van der Waals surface area contributed by atoms with Crippen LogP contribution in [-0.4, -0.2) is 19.5 Å². The van der Waals surface area contributed by atoms with E-state index in [0.29, 0.717) is 33.0 Å². The van der Waals surface area contributed by atoms with Gasteiger partial charge in [0.2, 0.25) is 5.95 Å². The maximum atomic E-state index is 13.7. The number of furan rings is 1. The zero-order chi connectivity index (χ0) is 23.1. The summed E-state index contributed by atoms with van der Waals surface area (Å²) in [6.07, 6.45) is 2.92. The third-order valence-electron chi connectivity index (χ3n) is 5.24. The molecule has 0 unspecified atom stereocenters. The second kappa shape index (κ2) is 7.93. The first-order chi connectivity index (χ1) is 16.0. The molecular weight excluding hydrogens is 442 g/mol. The molecular formula is C23H16ClN7O2. The number of nitrogen functional groups attached to an aromatic ring is 1. The molecule has 10 heteroatoms. The summed E-state index contributed by atoms with van der Waals surface area (Å²) in [4.78, 5) is 26.4. The van der Waals surface area contributed by atoms with Crippen LogP contribution in [0.4, 0.5) is 11.8 Å². The summed E-state index contributed by atoms with van der Waals surface area (Å²) in [5.41, 5.74) is 7.35. The van der Waals surface area contributed by atoms with Crippen molar-refractivity contribution in [2.24, 2.45) is 0 Å². The van der Waals surface area contributed by atoms with E-state index < -0.39 is 6.04 Å². The highest BCUT2D eigenvalue weighted by Gasteiger charge is 2.21. The lowest BCUT2D eigenvalue weighted by atomic mass is 10.1. The SMILES string of the molecule is C[C@@H](Nc1nc(N)ncc1C#N)c1nc2cccc(Cl)c2c(=O)n1-c1ccc2occc2c1. The van der Waals surface area contributed by atoms with Gasteiger partial charge in [0.15, 0.2) is 0 Å². The monoisotopic (exact) mass is 457 g/mol. The Labute approximate surface area is 192 Å². The molecule has 0 saturated carbocycles. The molecule has 3 aromatic heterocycles. The number of aromatic nitrogens is 4. The first-order valence-corrected chi connectivity index (χ1v) is 10.3. The maximum Gasteiger partial charge on any atom is 0.267 e. The number of nitrogens with one attached hydrogen (secondary N) is 1. The number of nitrogens with two attached hydrogens (primary N) is 1. The molecule has 0 aliphatic heterocycles. The third kappa shape index (κ3) is 3.52. The number of fused-ring (bicyclic) bond motifs is 2. The molecule has 9 nitrogen and oxygen atoms in total. The Hall–Kier alpha value is -4.42. The van der Waals surface area contributed by atoms with Gasteiger partial charge in [-0.05, 0) is 43.3 Å². The minimum atomic E-state index is -0.539. The first-order valence-electron chi connectivity index (χ1n) is 9.94. The van der Waals surface area contributed by atoms with Crippen molar-refractivity contribution in [2.75, 3.05) is 11.1 Å². The van der Waals surface area contributed by atoms with Crippen LogP contribution in [0.15, 0.2) is 64.1 Å². The smallest absolute Gasteiger partial charge is 0.267 e. The summed E-state index contributed by atoms with van der Waals surface area (Å²) >= 11 is 6.37. The van der Waals surface area contributed by atoms with Crippen molar-refractivity contribution >= 4 is 45.2 Å². The van der Waals surface area contributed by atoms with Crippen LogP contribution >= 0.6 is 11.6 Å². The van der Waals surface area contributed by atoms with E-state index >= 15 is 0 Å². The topological polar surface area (TPSA) is 136 Å². The van der Waals surface area contributed by atoms with Crippen LogP contribution in [0.1, 0.15) is 24.4 Å². The molecule has 0 amide bonds. The lowest BCUT2D eigenvalue weighted by Crippen LogP contribution is -2.27. The van der Waals surface area contributed by atoms with Gasteiger partial charge in [-0.25, -0.2) is 9.97 Å².